The molecular weight excluding hydrogens is 527 g/mol. The molecule has 2 amide bonds. The molecule has 2 aromatic carbocycles. The second kappa shape index (κ2) is 12.5. The number of hydrogen-bond donors (Lipinski definition) is 1. The number of methoxy groups -OCH3 is 2. The number of nitrogens with zero attached hydrogens (tertiary/aromatic N) is 3. The van der Waals surface area contributed by atoms with Crippen molar-refractivity contribution in [2.45, 2.75) is 46.0 Å². The zero-order valence-corrected chi connectivity index (χ0v) is 24.1. The van der Waals surface area contributed by atoms with Gasteiger partial charge in [-0.25, -0.2) is 4.68 Å². The van der Waals surface area contributed by atoms with Gasteiger partial charge in [-0.05, 0) is 36.8 Å². The topological polar surface area (TPSA) is 85.7 Å². The van der Waals surface area contributed by atoms with Gasteiger partial charge in [0.25, 0.3) is 5.91 Å². The maximum absolute atomic E-state index is 13.5. The van der Waals surface area contributed by atoms with Gasteiger partial charge in [0, 0.05) is 24.1 Å². The molecule has 8 nitrogen and oxygen atoms in total. The van der Waals surface area contributed by atoms with E-state index >= 15 is 0 Å². The van der Waals surface area contributed by atoms with Crippen molar-refractivity contribution in [2.75, 3.05) is 32.6 Å². The molecule has 0 unspecified atom stereocenters. The number of ether oxygens (including phenoxy) is 2. The van der Waals surface area contributed by atoms with Gasteiger partial charge >= 0.3 is 0 Å². The van der Waals surface area contributed by atoms with Crippen molar-refractivity contribution in [3.63, 3.8) is 0 Å². The molecule has 3 aromatic rings. The molecule has 3 rings (SSSR count). The number of halogens is 2. The zero-order chi connectivity index (χ0) is 28.0. The molecule has 0 bridgehead atoms. The largest absolute Gasteiger partial charge is 0.497 e. The summed E-state index contributed by atoms with van der Waals surface area (Å²) < 4.78 is 12.3. The molecule has 0 atom stereocenters. The first-order chi connectivity index (χ1) is 18.0. The molecule has 0 fully saturated rings. The van der Waals surface area contributed by atoms with Crippen LogP contribution in [0, 0.1) is 0 Å². The van der Waals surface area contributed by atoms with E-state index in [1.165, 1.54) is 12.0 Å². The molecule has 0 saturated carbocycles. The fourth-order valence-electron chi connectivity index (χ4n) is 3.75. The highest BCUT2D eigenvalue weighted by molar-refractivity contribution is 6.42. The van der Waals surface area contributed by atoms with Crippen molar-refractivity contribution in [3.8, 4) is 17.2 Å². The first-order valence-corrected chi connectivity index (χ1v) is 13.1. The van der Waals surface area contributed by atoms with E-state index < -0.39 is 0 Å². The number of benzene rings is 2. The van der Waals surface area contributed by atoms with Crippen LogP contribution in [0.4, 0.5) is 5.82 Å². The Bertz CT molecular complexity index is 1300. The highest BCUT2D eigenvalue weighted by atomic mass is 35.5. The molecule has 1 heterocycles. The van der Waals surface area contributed by atoms with Gasteiger partial charge < -0.3 is 19.7 Å². The summed E-state index contributed by atoms with van der Waals surface area (Å²) >= 11 is 12.4. The SMILES string of the molecule is CCCCN(CC(=O)Nc1cc(C(C)(C)C)nn1-c1ccc(Cl)c(Cl)c1)C(=O)c1ccc(OC)cc1OC. The van der Waals surface area contributed by atoms with E-state index in [0.29, 0.717) is 45.2 Å². The van der Waals surface area contributed by atoms with E-state index in [9.17, 15) is 9.59 Å². The number of nitrogens with one attached hydrogen (secondary N) is 1. The first-order valence-electron chi connectivity index (χ1n) is 12.4. The Balaban J connectivity index is 1.90. The van der Waals surface area contributed by atoms with E-state index in [2.05, 4.69) is 5.32 Å². The average Bonchev–Trinajstić information content (AvgIpc) is 3.31. The molecule has 0 spiro atoms. The smallest absolute Gasteiger partial charge is 0.258 e. The lowest BCUT2D eigenvalue weighted by Gasteiger charge is -2.23. The van der Waals surface area contributed by atoms with Crippen LogP contribution in [0.25, 0.3) is 5.69 Å². The second-order valence-electron chi connectivity index (χ2n) is 9.87. The Labute approximate surface area is 233 Å². The number of unbranched alkanes of at least 4 members (excludes halogenated alkanes) is 1. The van der Waals surface area contributed by atoms with Crippen molar-refractivity contribution in [1.29, 1.82) is 0 Å². The molecule has 0 aliphatic carbocycles. The fourth-order valence-corrected chi connectivity index (χ4v) is 4.05. The monoisotopic (exact) mass is 560 g/mol. The van der Waals surface area contributed by atoms with Gasteiger partial charge in [-0.2, -0.15) is 5.10 Å². The van der Waals surface area contributed by atoms with Crippen LogP contribution in [0.3, 0.4) is 0 Å². The molecule has 0 radical (unpaired) electrons. The molecule has 38 heavy (non-hydrogen) atoms. The second-order valence-corrected chi connectivity index (χ2v) is 10.7. The lowest BCUT2D eigenvalue weighted by atomic mass is 9.92. The average molecular weight is 562 g/mol. The summed E-state index contributed by atoms with van der Waals surface area (Å²) in [6.45, 7) is 8.40. The Morgan fingerprint density at radius 2 is 1.76 bits per heavy atom. The van der Waals surface area contributed by atoms with Crippen LogP contribution in [0.5, 0.6) is 11.5 Å². The summed E-state index contributed by atoms with van der Waals surface area (Å²) in [5.74, 6) is 0.749. The lowest BCUT2D eigenvalue weighted by molar-refractivity contribution is -0.117. The molecule has 0 aliphatic rings. The Morgan fingerprint density at radius 1 is 1.03 bits per heavy atom. The normalized spacial score (nSPS) is 11.3. The van der Waals surface area contributed by atoms with E-state index in [1.54, 1.807) is 48.2 Å². The summed E-state index contributed by atoms with van der Waals surface area (Å²) in [4.78, 5) is 28.3. The lowest BCUT2D eigenvalue weighted by Crippen LogP contribution is -2.39. The van der Waals surface area contributed by atoms with Crippen LogP contribution >= 0.6 is 23.2 Å². The molecule has 0 aliphatic heterocycles. The van der Waals surface area contributed by atoms with Crippen molar-refractivity contribution >= 4 is 40.8 Å². The quantitative estimate of drug-likeness (QED) is 0.311. The van der Waals surface area contributed by atoms with E-state index in [1.807, 2.05) is 33.8 Å². The number of carbonyl (C=O) groups excluding carboxylic acids is 2. The Morgan fingerprint density at radius 3 is 2.37 bits per heavy atom. The molecule has 1 N–H and O–H groups in total. The molecule has 10 heteroatoms. The summed E-state index contributed by atoms with van der Waals surface area (Å²) in [6.07, 6.45) is 1.61. The number of carbonyl (C=O) groups is 2. The number of aromatic nitrogens is 2. The van der Waals surface area contributed by atoms with Gasteiger partial charge in [-0.3, -0.25) is 9.59 Å². The van der Waals surface area contributed by atoms with E-state index in [-0.39, 0.29) is 23.8 Å². The van der Waals surface area contributed by atoms with Gasteiger partial charge in [0.2, 0.25) is 5.91 Å². The van der Waals surface area contributed by atoms with Crippen molar-refractivity contribution in [3.05, 3.63) is 63.8 Å². The van der Waals surface area contributed by atoms with Gasteiger partial charge in [0.05, 0.1) is 41.2 Å². The predicted octanol–water partition coefficient (Wildman–Crippen LogP) is 6.37. The minimum absolute atomic E-state index is 0.147. The maximum atomic E-state index is 13.5. The van der Waals surface area contributed by atoms with Crippen LogP contribution in [0.15, 0.2) is 42.5 Å². The van der Waals surface area contributed by atoms with E-state index in [4.69, 9.17) is 37.8 Å². The standard InChI is InChI=1S/C28H34Cl2N4O4/c1-7-8-13-33(27(36)20-11-10-19(37-5)15-23(20)38-6)17-26(35)31-25-16-24(28(2,3)4)32-34(25)18-9-12-21(29)22(30)14-18/h9-12,14-16H,7-8,13,17H2,1-6H3,(H,31,35). The van der Waals surface area contributed by atoms with Crippen LogP contribution in [-0.2, 0) is 10.2 Å². The highest BCUT2D eigenvalue weighted by Gasteiger charge is 2.25. The van der Waals surface area contributed by atoms with Crippen LogP contribution < -0.4 is 14.8 Å². The van der Waals surface area contributed by atoms with Crippen LogP contribution in [-0.4, -0.2) is 53.8 Å². The van der Waals surface area contributed by atoms with Crippen molar-refractivity contribution in [1.82, 2.24) is 14.7 Å². The van der Waals surface area contributed by atoms with Crippen molar-refractivity contribution < 1.29 is 19.1 Å². The molecule has 0 saturated heterocycles. The fraction of sp³-hybridized carbons (Fsp3) is 0.393. The third-order valence-electron chi connectivity index (χ3n) is 5.94. The predicted molar refractivity (Wildman–Crippen MR) is 151 cm³/mol. The first kappa shape index (κ1) is 29.3. The summed E-state index contributed by atoms with van der Waals surface area (Å²) in [5, 5.41) is 8.45. The summed E-state index contributed by atoms with van der Waals surface area (Å²) in [6, 6.07) is 11.9. The van der Waals surface area contributed by atoms with Gasteiger partial charge in [-0.1, -0.05) is 57.3 Å². The minimum Gasteiger partial charge on any atom is -0.497 e. The number of anilines is 1. The minimum atomic E-state index is -0.358. The third kappa shape index (κ3) is 6.99. The Kier molecular flexibility index (Phi) is 9.68. The molecule has 204 valence electrons. The maximum Gasteiger partial charge on any atom is 0.258 e. The summed E-state index contributed by atoms with van der Waals surface area (Å²) in [5.41, 5.74) is 1.51. The molecule has 1 aromatic heterocycles. The molecular formula is C28H34Cl2N4O4. The highest BCUT2D eigenvalue weighted by Crippen LogP contribution is 2.30. The Hall–Kier alpha value is -3.23. The van der Waals surface area contributed by atoms with Crippen LogP contribution in [0.2, 0.25) is 10.0 Å². The number of rotatable bonds is 10. The van der Waals surface area contributed by atoms with Gasteiger partial charge in [-0.15, -0.1) is 0 Å². The zero-order valence-electron chi connectivity index (χ0n) is 22.6. The summed E-state index contributed by atoms with van der Waals surface area (Å²) in [7, 11) is 3.04. The third-order valence-corrected chi connectivity index (χ3v) is 6.67. The number of amides is 2. The van der Waals surface area contributed by atoms with E-state index in [0.717, 1.165) is 18.5 Å². The van der Waals surface area contributed by atoms with Crippen molar-refractivity contribution in [2.24, 2.45) is 0 Å². The van der Waals surface area contributed by atoms with Crippen LogP contribution in [0.1, 0.15) is 56.6 Å². The van der Waals surface area contributed by atoms with Gasteiger partial charge in [0.15, 0.2) is 0 Å². The van der Waals surface area contributed by atoms with Gasteiger partial charge in [0.1, 0.15) is 23.9 Å². The number of hydrogen-bond acceptors (Lipinski definition) is 5.